The fraction of sp³-hybridized carbons (Fsp3) is 0.417. The topological polar surface area (TPSA) is 32.3 Å². The molecule has 1 aliphatic heterocycles. The molecular weight excluding hydrogens is 188 g/mol. The summed E-state index contributed by atoms with van der Waals surface area (Å²) in [6.07, 6.45) is 0.920. The standard InChI is InChI=1S/C12H16N2O/c1-2-14-9-11(13-12(14)15)8-10-6-4-3-5-7-10/h3-7,11H,2,8-9H2,1H3,(H,13,15)/t11-/m1/s1. The number of hydrogen-bond donors (Lipinski definition) is 1. The summed E-state index contributed by atoms with van der Waals surface area (Å²) in [5.74, 6) is 0. The zero-order valence-electron chi connectivity index (χ0n) is 8.94. The molecule has 1 saturated heterocycles. The van der Waals surface area contributed by atoms with Gasteiger partial charge in [-0.1, -0.05) is 30.3 Å². The summed E-state index contributed by atoms with van der Waals surface area (Å²) in [5, 5.41) is 2.99. The van der Waals surface area contributed by atoms with E-state index in [1.807, 2.05) is 30.0 Å². The van der Waals surface area contributed by atoms with Crippen molar-refractivity contribution in [2.75, 3.05) is 13.1 Å². The van der Waals surface area contributed by atoms with Crippen molar-refractivity contribution in [1.29, 1.82) is 0 Å². The van der Waals surface area contributed by atoms with Gasteiger partial charge in [0.1, 0.15) is 0 Å². The first-order valence-electron chi connectivity index (χ1n) is 5.39. The zero-order valence-corrected chi connectivity index (χ0v) is 8.94. The minimum Gasteiger partial charge on any atom is -0.333 e. The van der Waals surface area contributed by atoms with Crippen LogP contribution in [0.4, 0.5) is 4.79 Å². The number of benzene rings is 1. The molecule has 1 heterocycles. The monoisotopic (exact) mass is 204 g/mol. The molecule has 2 rings (SSSR count). The van der Waals surface area contributed by atoms with Crippen LogP contribution in [0.15, 0.2) is 30.3 Å². The summed E-state index contributed by atoms with van der Waals surface area (Å²) in [5.41, 5.74) is 1.28. The minimum atomic E-state index is 0.0680. The Morgan fingerprint density at radius 2 is 2.13 bits per heavy atom. The maximum Gasteiger partial charge on any atom is 0.317 e. The number of nitrogens with zero attached hydrogens (tertiary/aromatic N) is 1. The van der Waals surface area contributed by atoms with E-state index < -0.39 is 0 Å². The van der Waals surface area contributed by atoms with Gasteiger partial charge in [-0.25, -0.2) is 4.79 Å². The van der Waals surface area contributed by atoms with Crippen molar-refractivity contribution >= 4 is 6.03 Å². The van der Waals surface area contributed by atoms with E-state index in [4.69, 9.17) is 0 Å². The Hall–Kier alpha value is -1.51. The molecule has 0 aromatic heterocycles. The largest absolute Gasteiger partial charge is 0.333 e. The number of carbonyl (C=O) groups is 1. The third-order valence-corrected chi connectivity index (χ3v) is 2.76. The van der Waals surface area contributed by atoms with E-state index in [1.165, 1.54) is 5.56 Å². The fourth-order valence-corrected chi connectivity index (χ4v) is 1.95. The van der Waals surface area contributed by atoms with Crippen LogP contribution in [0.3, 0.4) is 0 Å². The Balaban J connectivity index is 1.95. The SMILES string of the molecule is CCN1C[C@@H](Cc2ccccc2)NC1=O. The highest BCUT2D eigenvalue weighted by Crippen LogP contribution is 2.09. The third kappa shape index (κ3) is 2.29. The molecule has 0 unspecified atom stereocenters. The van der Waals surface area contributed by atoms with Crippen molar-refractivity contribution in [3.8, 4) is 0 Å². The van der Waals surface area contributed by atoms with Gasteiger partial charge in [-0.3, -0.25) is 0 Å². The molecule has 0 radical (unpaired) electrons. The fourth-order valence-electron chi connectivity index (χ4n) is 1.95. The van der Waals surface area contributed by atoms with Gasteiger partial charge in [0, 0.05) is 13.1 Å². The predicted octanol–water partition coefficient (Wildman–Crippen LogP) is 1.64. The third-order valence-electron chi connectivity index (χ3n) is 2.76. The van der Waals surface area contributed by atoms with Crippen LogP contribution in [-0.4, -0.2) is 30.1 Å². The highest BCUT2D eigenvalue weighted by Gasteiger charge is 2.26. The van der Waals surface area contributed by atoms with Crippen molar-refractivity contribution in [3.05, 3.63) is 35.9 Å². The van der Waals surface area contributed by atoms with Crippen molar-refractivity contribution in [1.82, 2.24) is 10.2 Å². The quantitative estimate of drug-likeness (QED) is 0.797. The van der Waals surface area contributed by atoms with Crippen LogP contribution in [0.2, 0.25) is 0 Å². The minimum absolute atomic E-state index is 0.0680. The maximum atomic E-state index is 11.4. The lowest BCUT2D eigenvalue weighted by molar-refractivity contribution is 0.219. The summed E-state index contributed by atoms with van der Waals surface area (Å²) < 4.78 is 0. The van der Waals surface area contributed by atoms with Gasteiger partial charge < -0.3 is 10.2 Å². The van der Waals surface area contributed by atoms with Gasteiger partial charge in [0.05, 0.1) is 6.04 Å². The van der Waals surface area contributed by atoms with E-state index in [0.717, 1.165) is 19.5 Å². The van der Waals surface area contributed by atoms with Gasteiger partial charge in [-0.15, -0.1) is 0 Å². The molecule has 0 bridgehead atoms. The molecular formula is C12H16N2O. The summed E-state index contributed by atoms with van der Waals surface area (Å²) in [7, 11) is 0. The Kier molecular flexibility index (Phi) is 2.90. The number of amides is 2. The van der Waals surface area contributed by atoms with E-state index in [0.29, 0.717) is 0 Å². The van der Waals surface area contributed by atoms with Gasteiger partial charge in [-0.2, -0.15) is 0 Å². The summed E-state index contributed by atoms with van der Waals surface area (Å²) >= 11 is 0. The Labute approximate surface area is 90.1 Å². The van der Waals surface area contributed by atoms with Crippen molar-refractivity contribution in [2.45, 2.75) is 19.4 Å². The van der Waals surface area contributed by atoms with Crippen molar-refractivity contribution in [2.24, 2.45) is 0 Å². The molecule has 80 valence electrons. The number of carbonyl (C=O) groups excluding carboxylic acids is 1. The molecule has 0 spiro atoms. The summed E-state index contributed by atoms with van der Waals surface area (Å²) in [4.78, 5) is 13.3. The van der Waals surface area contributed by atoms with Crippen molar-refractivity contribution in [3.63, 3.8) is 0 Å². The second-order valence-electron chi connectivity index (χ2n) is 3.87. The van der Waals surface area contributed by atoms with Crippen molar-refractivity contribution < 1.29 is 4.79 Å². The summed E-state index contributed by atoms with van der Waals surface area (Å²) in [6, 6.07) is 10.6. The van der Waals surface area contributed by atoms with E-state index >= 15 is 0 Å². The molecule has 0 saturated carbocycles. The maximum absolute atomic E-state index is 11.4. The highest BCUT2D eigenvalue weighted by atomic mass is 16.2. The number of likely N-dealkylation sites (N-methyl/N-ethyl adjacent to an activating group) is 1. The molecule has 0 aliphatic carbocycles. The lowest BCUT2D eigenvalue weighted by Gasteiger charge is -2.11. The Morgan fingerprint density at radius 3 is 2.73 bits per heavy atom. The van der Waals surface area contributed by atoms with Crippen LogP contribution in [0, 0.1) is 0 Å². The van der Waals surface area contributed by atoms with E-state index in [2.05, 4.69) is 17.4 Å². The number of rotatable bonds is 3. The van der Waals surface area contributed by atoms with Gasteiger partial charge in [-0.05, 0) is 18.9 Å². The smallest absolute Gasteiger partial charge is 0.317 e. The zero-order chi connectivity index (χ0) is 10.7. The molecule has 3 heteroatoms. The molecule has 3 nitrogen and oxygen atoms in total. The second kappa shape index (κ2) is 4.34. The van der Waals surface area contributed by atoms with Crippen LogP contribution in [-0.2, 0) is 6.42 Å². The first kappa shape index (κ1) is 10.0. The molecule has 1 aliphatic rings. The number of nitrogens with one attached hydrogen (secondary N) is 1. The van der Waals surface area contributed by atoms with Crippen LogP contribution in [0.1, 0.15) is 12.5 Å². The van der Waals surface area contributed by atoms with Gasteiger partial charge in [0.15, 0.2) is 0 Å². The average Bonchev–Trinajstić information content (AvgIpc) is 2.60. The average molecular weight is 204 g/mol. The van der Waals surface area contributed by atoms with Crippen LogP contribution < -0.4 is 5.32 Å². The van der Waals surface area contributed by atoms with Gasteiger partial charge in [0.2, 0.25) is 0 Å². The van der Waals surface area contributed by atoms with E-state index in [1.54, 1.807) is 0 Å². The second-order valence-corrected chi connectivity index (χ2v) is 3.87. The van der Waals surface area contributed by atoms with E-state index in [-0.39, 0.29) is 12.1 Å². The molecule has 1 atom stereocenters. The first-order valence-corrected chi connectivity index (χ1v) is 5.39. The Morgan fingerprint density at radius 1 is 1.40 bits per heavy atom. The predicted molar refractivity (Wildman–Crippen MR) is 59.7 cm³/mol. The molecule has 1 N–H and O–H groups in total. The van der Waals surface area contributed by atoms with Gasteiger partial charge >= 0.3 is 6.03 Å². The molecule has 1 aromatic carbocycles. The van der Waals surface area contributed by atoms with Gasteiger partial charge in [0.25, 0.3) is 0 Å². The molecule has 1 fully saturated rings. The molecule has 2 amide bonds. The van der Waals surface area contributed by atoms with Crippen LogP contribution >= 0.6 is 0 Å². The Bertz CT molecular complexity index is 337. The molecule has 1 aromatic rings. The lowest BCUT2D eigenvalue weighted by atomic mass is 10.1. The number of hydrogen-bond acceptors (Lipinski definition) is 1. The van der Waals surface area contributed by atoms with Crippen LogP contribution in [0.25, 0.3) is 0 Å². The highest BCUT2D eigenvalue weighted by molar-refractivity contribution is 5.76. The first-order chi connectivity index (χ1) is 7.29. The normalized spacial score (nSPS) is 20.5. The molecule has 15 heavy (non-hydrogen) atoms. The number of urea groups is 1. The van der Waals surface area contributed by atoms with Crippen LogP contribution in [0.5, 0.6) is 0 Å². The van der Waals surface area contributed by atoms with E-state index in [9.17, 15) is 4.79 Å². The summed E-state index contributed by atoms with van der Waals surface area (Å²) in [6.45, 7) is 3.62. The lowest BCUT2D eigenvalue weighted by Crippen LogP contribution is -2.29.